The van der Waals surface area contributed by atoms with Gasteiger partial charge in [0.25, 0.3) is 0 Å². The fourth-order valence-electron chi connectivity index (χ4n) is 1.26. The molecule has 0 aliphatic rings. The van der Waals surface area contributed by atoms with Crippen molar-refractivity contribution in [3.05, 3.63) is 23.3 Å². The molecule has 4 nitrogen and oxygen atoms in total. The lowest BCUT2D eigenvalue weighted by Gasteiger charge is -2.08. The van der Waals surface area contributed by atoms with Gasteiger partial charge >= 0.3 is 0 Å². The zero-order valence-electron chi connectivity index (χ0n) is 8.11. The zero-order valence-corrected chi connectivity index (χ0v) is 8.93. The molecule has 1 rings (SSSR count). The van der Waals surface area contributed by atoms with Gasteiger partial charge in [0.2, 0.25) is 0 Å². The zero-order chi connectivity index (χ0) is 10.9. The molecule has 1 aromatic rings. The van der Waals surface area contributed by atoms with Crippen LogP contribution in [0.1, 0.15) is 11.1 Å². The molecule has 0 radical (unpaired) electrons. The third kappa shape index (κ3) is 2.05. The lowest BCUT2D eigenvalue weighted by molar-refractivity contribution is 0.452. The molecule has 0 saturated carbocycles. The molecule has 0 heterocycles. The predicted molar refractivity (Wildman–Crippen MR) is 53.8 cm³/mol. The summed E-state index contributed by atoms with van der Waals surface area (Å²) in [6, 6.07) is 3.10. The Morgan fingerprint density at radius 2 is 2.00 bits per heavy atom. The molecule has 0 fully saturated rings. The van der Waals surface area contributed by atoms with E-state index in [1.807, 2.05) is 0 Å². The van der Waals surface area contributed by atoms with Crippen molar-refractivity contribution in [1.29, 1.82) is 0 Å². The molecule has 3 N–H and O–H groups in total. The van der Waals surface area contributed by atoms with Gasteiger partial charge in [-0.15, -0.1) is 0 Å². The van der Waals surface area contributed by atoms with Crippen molar-refractivity contribution in [2.45, 2.75) is 18.4 Å². The van der Waals surface area contributed by atoms with Crippen LogP contribution in [0.15, 0.2) is 17.0 Å². The Bertz CT molecular complexity index is 451. The maximum atomic E-state index is 11.3. The molecular formula is C9H13NO3S. The van der Waals surface area contributed by atoms with Crippen LogP contribution in [-0.2, 0) is 16.4 Å². The number of benzene rings is 1. The lowest BCUT2D eigenvalue weighted by Crippen LogP contribution is -2.03. The van der Waals surface area contributed by atoms with E-state index in [0.29, 0.717) is 5.56 Å². The van der Waals surface area contributed by atoms with E-state index in [1.54, 1.807) is 13.0 Å². The van der Waals surface area contributed by atoms with Crippen LogP contribution in [0.5, 0.6) is 5.75 Å². The van der Waals surface area contributed by atoms with Gasteiger partial charge < -0.3 is 10.8 Å². The number of sulfone groups is 1. The first-order valence-corrected chi connectivity index (χ1v) is 5.98. The van der Waals surface area contributed by atoms with E-state index in [9.17, 15) is 13.5 Å². The summed E-state index contributed by atoms with van der Waals surface area (Å²) in [6.07, 6.45) is 1.06. The number of hydrogen-bond donors (Lipinski definition) is 2. The van der Waals surface area contributed by atoms with E-state index in [4.69, 9.17) is 5.73 Å². The van der Waals surface area contributed by atoms with E-state index >= 15 is 0 Å². The van der Waals surface area contributed by atoms with Crippen molar-refractivity contribution in [1.82, 2.24) is 0 Å². The van der Waals surface area contributed by atoms with Crippen molar-refractivity contribution in [3.8, 4) is 5.75 Å². The van der Waals surface area contributed by atoms with Gasteiger partial charge in [-0.25, -0.2) is 8.42 Å². The van der Waals surface area contributed by atoms with Crippen molar-refractivity contribution in [3.63, 3.8) is 0 Å². The maximum Gasteiger partial charge on any atom is 0.179 e. The Morgan fingerprint density at radius 1 is 1.43 bits per heavy atom. The summed E-state index contributed by atoms with van der Waals surface area (Å²) in [7, 11) is -3.39. The van der Waals surface area contributed by atoms with E-state index in [1.165, 1.54) is 6.07 Å². The van der Waals surface area contributed by atoms with E-state index in [-0.39, 0.29) is 17.2 Å². The highest BCUT2D eigenvalue weighted by atomic mass is 32.2. The molecule has 0 aliphatic heterocycles. The van der Waals surface area contributed by atoms with Crippen molar-refractivity contribution in [2.75, 3.05) is 6.26 Å². The Morgan fingerprint density at radius 3 is 2.43 bits per heavy atom. The maximum absolute atomic E-state index is 11.3. The Hall–Kier alpha value is -1.07. The number of nitrogens with two attached hydrogens (primary N) is 1. The Labute approximate surface area is 83.3 Å². The van der Waals surface area contributed by atoms with Crippen LogP contribution in [0.2, 0.25) is 0 Å². The van der Waals surface area contributed by atoms with Gasteiger partial charge in [-0.3, -0.25) is 0 Å². The largest absolute Gasteiger partial charge is 0.506 e. The third-order valence-electron chi connectivity index (χ3n) is 1.92. The van der Waals surface area contributed by atoms with E-state index < -0.39 is 9.84 Å². The highest BCUT2D eigenvalue weighted by Gasteiger charge is 2.16. The van der Waals surface area contributed by atoms with E-state index in [2.05, 4.69) is 0 Å². The molecule has 0 amide bonds. The normalized spacial score (nSPS) is 11.6. The summed E-state index contributed by atoms with van der Waals surface area (Å²) in [4.78, 5) is -0.0575. The molecule has 0 bridgehead atoms. The van der Waals surface area contributed by atoms with Gasteiger partial charge in [-0.05, 0) is 18.6 Å². The number of phenolic OH excluding ortho intramolecular Hbond substituents is 1. The summed E-state index contributed by atoms with van der Waals surface area (Å²) in [6.45, 7) is 1.88. The van der Waals surface area contributed by atoms with Crippen LogP contribution >= 0.6 is 0 Å². The highest BCUT2D eigenvalue weighted by molar-refractivity contribution is 7.90. The smallest absolute Gasteiger partial charge is 0.179 e. The minimum absolute atomic E-state index is 0.0575. The third-order valence-corrected chi connectivity index (χ3v) is 3.03. The van der Waals surface area contributed by atoms with E-state index in [0.717, 1.165) is 11.8 Å². The molecule has 0 spiro atoms. The second-order valence-corrected chi connectivity index (χ2v) is 5.23. The molecule has 0 aliphatic carbocycles. The minimum Gasteiger partial charge on any atom is -0.506 e. The summed E-state index contributed by atoms with van der Waals surface area (Å²) < 4.78 is 22.5. The SMILES string of the molecule is Cc1cc(CN)c(O)c(S(C)(=O)=O)c1. The predicted octanol–water partition coefficient (Wildman–Crippen LogP) is 0.563. The van der Waals surface area contributed by atoms with Crippen LogP contribution in [0, 0.1) is 6.92 Å². The molecule has 0 atom stereocenters. The molecule has 5 heteroatoms. The summed E-state index contributed by atoms with van der Waals surface area (Å²) in [5, 5.41) is 9.59. The second-order valence-electron chi connectivity index (χ2n) is 3.25. The van der Waals surface area contributed by atoms with Crippen LogP contribution in [0.3, 0.4) is 0 Å². The number of phenols is 1. The van der Waals surface area contributed by atoms with Crippen LogP contribution in [0.4, 0.5) is 0 Å². The van der Waals surface area contributed by atoms with Crippen molar-refractivity contribution >= 4 is 9.84 Å². The second kappa shape index (κ2) is 3.59. The Balaban J connectivity index is 3.53. The van der Waals surface area contributed by atoms with Crippen molar-refractivity contribution < 1.29 is 13.5 Å². The Kier molecular flexibility index (Phi) is 2.82. The molecule has 0 saturated heterocycles. The first kappa shape index (κ1) is 11.0. The van der Waals surface area contributed by atoms with Gasteiger partial charge in [0.1, 0.15) is 10.6 Å². The quantitative estimate of drug-likeness (QED) is 0.755. The number of aromatic hydroxyl groups is 1. The average molecular weight is 215 g/mol. The van der Waals surface area contributed by atoms with Gasteiger partial charge in [-0.1, -0.05) is 6.07 Å². The van der Waals surface area contributed by atoms with Gasteiger partial charge in [-0.2, -0.15) is 0 Å². The summed E-state index contributed by atoms with van der Waals surface area (Å²) >= 11 is 0. The first-order chi connectivity index (χ1) is 6.36. The van der Waals surface area contributed by atoms with Gasteiger partial charge in [0.05, 0.1) is 0 Å². The molecular weight excluding hydrogens is 202 g/mol. The number of aryl methyl sites for hydroxylation is 1. The summed E-state index contributed by atoms with van der Waals surface area (Å²) in [5.41, 5.74) is 6.59. The van der Waals surface area contributed by atoms with Gasteiger partial charge in [0.15, 0.2) is 9.84 Å². The van der Waals surface area contributed by atoms with Crippen LogP contribution in [-0.4, -0.2) is 19.8 Å². The van der Waals surface area contributed by atoms with Crippen molar-refractivity contribution in [2.24, 2.45) is 5.73 Å². The minimum atomic E-state index is -3.39. The molecule has 0 aromatic heterocycles. The lowest BCUT2D eigenvalue weighted by atomic mass is 10.1. The molecule has 1 aromatic carbocycles. The number of hydrogen-bond acceptors (Lipinski definition) is 4. The molecule has 0 unspecified atom stereocenters. The first-order valence-electron chi connectivity index (χ1n) is 4.09. The summed E-state index contributed by atoms with van der Waals surface area (Å²) in [5.74, 6) is -0.236. The van der Waals surface area contributed by atoms with Crippen LogP contribution < -0.4 is 5.73 Å². The molecule has 14 heavy (non-hydrogen) atoms. The fourth-order valence-corrected chi connectivity index (χ4v) is 2.14. The fraction of sp³-hybridized carbons (Fsp3) is 0.333. The monoisotopic (exact) mass is 215 g/mol. The molecule has 78 valence electrons. The highest BCUT2D eigenvalue weighted by Crippen LogP contribution is 2.27. The topological polar surface area (TPSA) is 80.4 Å². The number of rotatable bonds is 2. The van der Waals surface area contributed by atoms with Crippen LogP contribution in [0.25, 0.3) is 0 Å². The average Bonchev–Trinajstić information content (AvgIpc) is 2.06. The van der Waals surface area contributed by atoms with Gasteiger partial charge in [0, 0.05) is 18.4 Å². The standard InChI is InChI=1S/C9H13NO3S/c1-6-3-7(5-10)9(11)8(4-6)14(2,12)13/h3-4,11H,5,10H2,1-2H3.